The Morgan fingerprint density at radius 3 is 2.79 bits per heavy atom. The largest absolute Gasteiger partial charge is 0.508 e. The Labute approximate surface area is 82.6 Å². The molecular formula is C10H14N2O2. The molecule has 1 saturated heterocycles. The van der Waals surface area contributed by atoms with Gasteiger partial charge in [-0.05, 0) is 18.2 Å². The Morgan fingerprint density at radius 1 is 1.21 bits per heavy atom. The van der Waals surface area contributed by atoms with E-state index in [4.69, 9.17) is 0 Å². The summed E-state index contributed by atoms with van der Waals surface area (Å²) in [6.07, 6.45) is 0. The molecule has 14 heavy (non-hydrogen) atoms. The van der Waals surface area contributed by atoms with Gasteiger partial charge in [-0.3, -0.25) is 0 Å². The Balaban J connectivity index is 2.24. The van der Waals surface area contributed by atoms with Gasteiger partial charge in [-0.25, -0.2) is 0 Å². The van der Waals surface area contributed by atoms with Crippen molar-refractivity contribution >= 4 is 0 Å². The van der Waals surface area contributed by atoms with E-state index in [9.17, 15) is 10.2 Å². The summed E-state index contributed by atoms with van der Waals surface area (Å²) in [4.78, 5) is 0. The predicted molar refractivity (Wildman–Crippen MR) is 53.4 cm³/mol. The lowest BCUT2D eigenvalue weighted by molar-refractivity contribution is 0.400. The third-order valence-electron chi connectivity index (χ3n) is 2.43. The number of hydrogen-bond donors (Lipinski definition) is 4. The molecule has 0 unspecified atom stereocenters. The second kappa shape index (κ2) is 3.86. The van der Waals surface area contributed by atoms with E-state index < -0.39 is 0 Å². The predicted octanol–water partition coefficient (Wildman–Crippen LogP) is 0.332. The first-order valence-electron chi connectivity index (χ1n) is 4.73. The molecule has 0 amide bonds. The maximum absolute atomic E-state index is 9.61. The number of aromatic hydroxyl groups is 2. The van der Waals surface area contributed by atoms with Crippen LogP contribution in [0.25, 0.3) is 0 Å². The minimum Gasteiger partial charge on any atom is -0.508 e. The second-order valence-electron chi connectivity index (χ2n) is 3.45. The standard InChI is InChI=1S/C10H14N2O2/c13-7-1-2-10(14)8(5-7)9-6-11-3-4-12-9/h1-2,5,9,11-14H,3-4,6H2/t9-/m1/s1. The highest BCUT2D eigenvalue weighted by atomic mass is 16.3. The smallest absolute Gasteiger partial charge is 0.120 e. The number of nitrogens with one attached hydrogen (secondary N) is 2. The molecule has 4 nitrogen and oxygen atoms in total. The van der Waals surface area contributed by atoms with Gasteiger partial charge in [0.1, 0.15) is 11.5 Å². The van der Waals surface area contributed by atoms with Gasteiger partial charge in [0.25, 0.3) is 0 Å². The van der Waals surface area contributed by atoms with E-state index in [1.807, 2.05) is 0 Å². The van der Waals surface area contributed by atoms with Crippen molar-refractivity contribution in [3.05, 3.63) is 23.8 Å². The lowest BCUT2D eigenvalue weighted by Gasteiger charge is -2.25. The molecule has 0 radical (unpaired) electrons. The normalized spacial score (nSPS) is 22.1. The summed E-state index contributed by atoms with van der Waals surface area (Å²) in [5.74, 6) is 0.411. The van der Waals surface area contributed by atoms with Gasteiger partial charge >= 0.3 is 0 Å². The molecule has 0 saturated carbocycles. The third-order valence-corrected chi connectivity index (χ3v) is 2.43. The molecule has 1 aromatic rings. The van der Waals surface area contributed by atoms with Crippen molar-refractivity contribution in [2.24, 2.45) is 0 Å². The van der Waals surface area contributed by atoms with E-state index in [0.717, 1.165) is 25.2 Å². The van der Waals surface area contributed by atoms with Crippen molar-refractivity contribution in [3.63, 3.8) is 0 Å². The van der Waals surface area contributed by atoms with Crippen LogP contribution in [0.2, 0.25) is 0 Å². The highest BCUT2D eigenvalue weighted by Gasteiger charge is 2.17. The Hall–Kier alpha value is -1.26. The maximum atomic E-state index is 9.61. The van der Waals surface area contributed by atoms with E-state index in [-0.39, 0.29) is 17.5 Å². The zero-order chi connectivity index (χ0) is 9.97. The molecule has 1 fully saturated rings. The van der Waals surface area contributed by atoms with Crippen LogP contribution in [0, 0.1) is 0 Å². The summed E-state index contributed by atoms with van der Waals surface area (Å²) in [6.45, 7) is 2.59. The number of phenols is 2. The lowest BCUT2D eigenvalue weighted by atomic mass is 10.0. The fraction of sp³-hybridized carbons (Fsp3) is 0.400. The minimum absolute atomic E-state index is 0.0795. The average Bonchev–Trinajstić information content (AvgIpc) is 2.23. The molecule has 1 aliphatic heterocycles. The topological polar surface area (TPSA) is 64.5 Å². The van der Waals surface area contributed by atoms with E-state index in [1.165, 1.54) is 12.1 Å². The zero-order valence-corrected chi connectivity index (χ0v) is 7.83. The Kier molecular flexibility index (Phi) is 2.56. The first kappa shape index (κ1) is 9.30. The third kappa shape index (κ3) is 1.81. The van der Waals surface area contributed by atoms with E-state index in [0.29, 0.717) is 0 Å². The summed E-state index contributed by atoms with van der Waals surface area (Å²) >= 11 is 0. The second-order valence-corrected chi connectivity index (χ2v) is 3.45. The molecule has 1 heterocycles. The summed E-state index contributed by atoms with van der Waals surface area (Å²) in [5.41, 5.74) is 0.747. The van der Waals surface area contributed by atoms with Crippen LogP contribution in [0.15, 0.2) is 18.2 Å². The molecule has 0 aromatic heterocycles. The van der Waals surface area contributed by atoms with Crippen molar-refractivity contribution in [2.45, 2.75) is 6.04 Å². The van der Waals surface area contributed by atoms with E-state index in [2.05, 4.69) is 10.6 Å². The SMILES string of the molecule is Oc1ccc(O)c([C@H]2CNCCN2)c1. The monoisotopic (exact) mass is 194 g/mol. The summed E-state index contributed by atoms with van der Waals surface area (Å²) in [5, 5.41) is 25.4. The quantitative estimate of drug-likeness (QED) is 0.486. The van der Waals surface area contributed by atoms with Gasteiger partial charge in [-0.15, -0.1) is 0 Å². The molecule has 76 valence electrons. The number of hydrogen-bond acceptors (Lipinski definition) is 4. The van der Waals surface area contributed by atoms with Crippen LogP contribution < -0.4 is 10.6 Å². The number of piperazine rings is 1. The number of rotatable bonds is 1. The Bertz CT molecular complexity index is 322. The highest BCUT2D eigenvalue weighted by molar-refractivity contribution is 5.41. The summed E-state index contributed by atoms with van der Waals surface area (Å²) in [6, 6.07) is 4.67. The van der Waals surface area contributed by atoms with Crippen LogP contribution >= 0.6 is 0 Å². The highest BCUT2D eigenvalue weighted by Crippen LogP contribution is 2.28. The first-order valence-corrected chi connectivity index (χ1v) is 4.73. The van der Waals surface area contributed by atoms with Crippen LogP contribution in [0.1, 0.15) is 11.6 Å². The average molecular weight is 194 g/mol. The van der Waals surface area contributed by atoms with Crippen molar-refractivity contribution < 1.29 is 10.2 Å². The van der Waals surface area contributed by atoms with Crippen molar-refractivity contribution in [2.75, 3.05) is 19.6 Å². The minimum atomic E-state index is 0.0795. The van der Waals surface area contributed by atoms with Gasteiger partial charge < -0.3 is 20.8 Å². The van der Waals surface area contributed by atoms with E-state index >= 15 is 0 Å². The van der Waals surface area contributed by atoms with Gasteiger partial charge in [0.15, 0.2) is 0 Å². The molecule has 0 aliphatic carbocycles. The summed E-state index contributed by atoms with van der Waals surface area (Å²) in [7, 11) is 0. The van der Waals surface area contributed by atoms with Gasteiger partial charge in [-0.1, -0.05) is 0 Å². The van der Waals surface area contributed by atoms with Gasteiger partial charge in [0.2, 0.25) is 0 Å². The van der Waals surface area contributed by atoms with Crippen molar-refractivity contribution in [1.82, 2.24) is 10.6 Å². The lowest BCUT2D eigenvalue weighted by Crippen LogP contribution is -2.42. The van der Waals surface area contributed by atoms with Crippen LogP contribution in [0.3, 0.4) is 0 Å². The fourth-order valence-electron chi connectivity index (χ4n) is 1.69. The van der Waals surface area contributed by atoms with Gasteiger partial charge in [0, 0.05) is 31.2 Å². The van der Waals surface area contributed by atoms with Crippen molar-refractivity contribution in [3.8, 4) is 11.5 Å². The van der Waals surface area contributed by atoms with Gasteiger partial charge in [-0.2, -0.15) is 0 Å². The van der Waals surface area contributed by atoms with Crippen LogP contribution in [-0.4, -0.2) is 29.8 Å². The van der Waals surface area contributed by atoms with Crippen LogP contribution in [0.4, 0.5) is 0 Å². The molecule has 1 aliphatic rings. The number of phenolic OH excluding ortho intramolecular Hbond substituents is 2. The molecule has 4 N–H and O–H groups in total. The maximum Gasteiger partial charge on any atom is 0.120 e. The summed E-state index contributed by atoms with van der Waals surface area (Å²) < 4.78 is 0. The van der Waals surface area contributed by atoms with E-state index in [1.54, 1.807) is 6.07 Å². The molecule has 1 aromatic carbocycles. The van der Waals surface area contributed by atoms with Crippen LogP contribution in [0.5, 0.6) is 11.5 Å². The molecule has 0 spiro atoms. The molecule has 1 atom stereocenters. The molecule has 4 heteroatoms. The fourth-order valence-corrected chi connectivity index (χ4v) is 1.69. The van der Waals surface area contributed by atoms with Gasteiger partial charge in [0.05, 0.1) is 0 Å². The van der Waals surface area contributed by atoms with Crippen LogP contribution in [-0.2, 0) is 0 Å². The first-order chi connectivity index (χ1) is 6.77. The Morgan fingerprint density at radius 2 is 2.07 bits per heavy atom. The molecule has 0 bridgehead atoms. The van der Waals surface area contributed by atoms with Crippen molar-refractivity contribution in [1.29, 1.82) is 0 Å². The number of benzene rings is 1. The molecule has 2 rings (SSSR count). The zero-order valence-electron chi connectivity index (χ0n) is 7.83. The molecular weight excluding hydrogens is 180 g/mol.